The number of piperazine rings is 1. The van der Waals surface area contributed by atoms with Crippen LogP contribution in [0.4, 0.5) is 0 Å². The maximum Gasteiger partial charge on any atom is 0.257 e. The Bertz CT molecular complexity index is 1040. The molecule has 1 aliphatic heterocycles. The van der Waals surface area contributed by atoms with Gasteiger partial charge in [-0.1, -0.05) is 17.7 Å². The van der Waals surface area contributed by atoms with Gasteiger partial charge in [0.05, 0.1) is 10.5 Å². The van der Waals surface area contributed by atoms with E-state index in [4.69, 9.17) is 0 Å². The van der Waals surface area contributed by atoms with Crippen molar-refractivity contribution in [3.63, 3.8) is 0 Å². The minimum Gasteiger partial charge on any atom is -0.507 e. The standard InChI is InChI=1S/C22H26N2O4S/c1-16-6-9-21(25)20(14-16)22(26)23-10-12-24(13-11-23)29(27,28)19-8-7-17-4-2-3-5-18(17)15-19/h6-9,14-15,25H,2-5,10-13H2,1H3. The van der Waals surface area contributed by atoms with Crippen LogP contribution in [0.5, 0.6) is 5.75 Å². The average molecular weight is 415 g/mol. The zero-order valence-corrected chi connectivity index (χ0v) is 17.4. The number of sulfonamides is 1. The first kappa shape index (κ1) is 19.9. The molecule has 0 bridgehead atoms. The number of hydrogen-bond donors (Lipinski definition) is 1. The molecule has 1 amide bonds. The summed E-state index contributed by atoms with van der Waals surface area (Å²) < 4.78 is 27.7. The topological polar surface area (TPSA) is 77.9 Å². The zero-order chi connectivity index (χ0) is 20.6. The summed E-state index contributed by atoms with van der Waals surface area (Å²) in [4.78, 5) is 14.7. The fraction of sp³-hybridized carbons (Fsp3) is 0.409. The van der Waals surface area contributed by atoms with Crippen LogP contribution in [0.1, 0.15) is 39.9 Å². The van der Waals surface area contributed by atoms with Gasteiger partial charge in [-0.05, 0) is 68.0 Å². The molecule has 0 unspecified atom stereocenters. The van der Waals surface area contributed by atoms with Crippen LogP contribution < -0.4 is 0 Å². The highest BCUT2D eigenvalue weighted by atomic mass is 32.2. The van der Waals surface area contributed by atoms with Gasteiger partial charge >= 0.3 is 0 Å². The van der Waals surface area contributed by atoms with Crippen LogP contribution in [0.25, 0.3) is 0 Å². The monoisotopic (exact) mass is 414 g/mol. The molecule has 0 spiro atoms. The molecule has 1 N–H and O–H groups in total. The van der Waals surface area contributed by atoms with E-state index in [2.05, 4.69) is 0 Å². The minimum atomic E-state index is -3.58. The summed E-state index contributed by atoms with van der Waals surface area (Å²) >= 11 is 0. The van der Waals surface area contributed by atoms with Gasteiger partial charge in [-0.3, -0.25) is 4.79 Å². The van der Waals surface area contributed by atoms with Crippen LogP contribution in [0.2, 0.25) is 0 Å². The number of carbonyl (C=O) groups excluding carboxylic acids is 1. The van der Waals surface area contributed by atoms with E-state index in [0.29, 0.717) is 18.0 Å². The second kappa shape index (κ2) is 7.80. The van der Waals surface area contributed by atoms with E-state index in [1.807, 2.05) is 19.1 Å². The summed E-state index contributed by atoms with van der Waals surface area (Å²) in [6, 6.07) is 10.4. The molecule has 1 heterocycles. The number of nitrogens with zero attached hydrogens (tertiary/aromatic N) is 2. The van der Waals surface area contributed by atoms with E-state index >= 15 is 0 Å². The van der Waals surface area contributed by atoms with Crippen molar-refractivity contribution in [2.24, 2.45) is 0 Å². The number of fused-ring (bicyclic) bond motifs is 1. The van der Waals surface area contributed by atoms with E-state index in [0.717, 1.165) is 36.8 Å². The molecule has 1 fully saturated rings. The molecular formula is C22H26N2O4S. The van der Waals surface area contributed by atoms with Crippen LogP contribution in [0, 0.1) is 6.92 Å². The summed E-state index contributed by atoms with van der Waals surface area (Å²) in [5, 5.41) is 10.0. The van der Waals surface area contributed by atoms with E-state index in [1.54, 1.807) is 23.1 Å². The van der Waals surface area contributed by atoms with Crippen molar-refractivity contribution in [1.29, 1.82) is 0 Å². The molecular weight excluding hydrogens is 388 g/mol. The minimum absolute atomic E-state index is 0.0512. The number of carbonyl (C=O) groups is 1. The van der Waals surface area contributed by atoms with Crippen LogP contribution in [0.3, 0.4) is 0 Å². The molecule has 0 atom stereocenters. The highest BCUT2D eigenvalue weighted by Crippen LogP contribution is 2.27. The fourth-order valence-electron chi connectivity index (χ4n) is 4.14. The highest BCUT2D eigenvalue weighted by Gasteiger charge is 2.31. The van der Waals surface area contributed by atoms with Crippen molar-refractivity contribution >= 4 is 15.9 Å². The molecule has 6 nitrogen and oxygen atoms in total. The molecule has 1 saturated heterocycles. The normalized spacial score (nSPS) is 17.8. The Kier molecular flexibility index (Phi) is 5.36. The third-order valence-corrected chi connectivity index (χ3v) is 7.76. The number of benzene rings is 2. The zero-order valence-electron chi connectivity index (χ0n) is 16.6. The predicted molar refractivity (Wildman–Crippen MR) is 111 cm³/mol. The van der Waals surface area contributed by atoms with Crippen LogP contribution in [-0.4, -0.2) is 54.8 Å². The van der Waals surface area contributed by atoms with E-state index < -0.39 is 10.0 Å². The van der Waals surface area contributed by atoms with Gasteiger partial charge in [0.1, 0.15) is 5.75 Å². The summed E-state index contributed by atoms with van der Waals surface area (Å²) in [7, 11) is -3.58. The maximum absolute atomic E-state index is 13.1. The lowest BCUT2D eigenvalue weighted by atomic mass is 9.92. The average Bonchev–Trinajstić information content (AvgIpc) is 2.74. The Labute approximate surface area is 171 Å². The number of aromatic hydroxyl groups is 1. The van der Waals surface area contributed by atoms with Crippen molar-refractivity contribution < 1.29 is 18.3 Å². The predicted octanol–water partition coefficient (Wildman–Crippen LogP) is 2.73. The summed E-state index contributed by atoms with van der Waals surface area (Å²) in [5.41, 5.74) is 3.54. The molecule has 1 aliphatic carbocycles. The number of amides is 1. The molecule has 0 saturated carbocycles. The van der Waals surface area contributed by atoms with Gasteiger partial charge in [-0.15, -0.1) is 0 Å². The van der Waals surface area contributed by atoms with Crippen LogP contribution >= 0.6 is 0 Å². The number of aryl methyl sites for hydroxylation is 3. The van der Waals surface area contributed by atoms with Gasteiger partial charge in [0, 0.05) is 26.2 Å². The van der Waals surface area contributed by atoms with Gasteiger partial charge in [-0.25, -0.2) is 8.42 Å². The number of phenolic OH excluding ortho intramolecular Hbond substituents is 1. The van der Waals surface area contributed by atoms with Crippen molar-refractivity contribution in [3.05, 3.63) is 58.7 Å². The molecule has 0 aromatic heterocycles. The SMILES string of the molecule is Cc1ccc(O)c(C(=O)N2CCN(S(=O)(=O)c3ccc4c(c3)CCCC4)CC2)c1. The Morgan fingerprint density at radius 1 is 0.931 bits per heavy atom. The Balaban J connectivity index is 1.47. The Morgan fingerprint density at radius 3 is 2.34 bits per heavy atom. The Hall–Kier alpha value is -2.38. The van der Waals surface area contributed by atoms with Crippen molar-refractivity contribution in [3.8, 4) is 5.75 Å². The molecule has 29 heavy (non-hydrogen) atoms. The molecule has 2 aromatic carbocycles. The third kappa shape index (κ3) is 3.89. The van der Waals surface area contributed by atoms with Crippen molar-refractivity contribution in [2.45, 2.75) is 37.5 Å². The number of rotatable bonds is 3. The lowest BCUT2D eigenvalue weighted by Crippen LogP contribution is -2.50. The van der Waals surface area contributed by atoms with Gasteiger partial charge in [0.2, 0.25) is 10.0 Å². The fourth-order valence-corrected chi connectivity index (χ4v) is 5.62. The van der Waals surface area contributed by atoms with Gasteiger partial charge < -0.3 is 10.0 Å². The van der Waals surface area contributed by atoms with Crippen molar-refractivity contribution in [2.75, 3.05) is 26.2 Å². The first-order chi connectivity index (χ1) is 13.9. The van der Waals surface area contributed by atoms with E-state index in [9.17, 15) is 18.3 Å². The highest BCUT2D eigenvalue weighted by molar-refractivity contribution is 7.89. The van der Waals surface area contributed by atoms with Gasteiger partial charge in [-0.2, -0.15) is 4.31 Å². The first-order valence-corrected chi connectivity index (χ1v) is 11.5. The molecule has 0 radical (unpaired) electrons. The van der Waals surface area contributed by atoms with E-state index in [-0.39, 0.29) is 30.3 Å². The second-order valence-electron chi connectivity index (χ2n) is 7.85. The van der Waals surface area contributed by atoms with Gasteiger partial charge in [0.15, 0.2) is 0 Å². The van der Waals surface area contributed by atoms with Gasteiger partial charge in [0.25, 0.3) is 5.91 Å². The molecule has 2 aromatic rings. The Morgan fingerprint density at radius 2 is 1.62 bits per heavy atom. The number of phenols is 1. The molecule has 2 aliphatic rings. The maximum atomic E-state index is 13.1. The smallest absolute Gasteiger partial charge is 0.257 e. The molecule has 4 rings (SSSR count). The number of hydrogen-bond acceptors (Lipinski definition) is 4. The lowest BCUT2D eigenvalue weighted by molar-refractivity contribution is 0.0694. The molecule has 7 heteroatoms. The molecule has 154 valence electrons. The summed E-state index contributed by atoms with van der Waals surface area (Å²) in [6.45, 7) is 2.96. The largest absolute Gasteiger partial charge is 0.507 e. The van der Waals surface area contributed by atoms with Crippen LogP contribution in [0.15, 0.2) is 41.3 Å². The van der Waals surface area contributed by atoms with Crippen LogP contribution in [-0.2, 0) is 22.9 Å². The third-order valence-electron chi connectivity index (χ3n) is 5.87. The summed E-state index contributed by atoms with van der Waals surface area (Å²) in [5.74, 6) is -0.318. The lowest BCUT2D eigenvalue weighted by Gasteiger charge is -2.34. The van der Waals surface area contributed by atoms with E-state index in [1.165, 1.54) is 15.9 Å². The summed E-state index contributed by atoms with van der Waals surface area (Å²) in [6.07, 6.45) is 4.21. The van der Waals surface area contributed by atoms with Crippen molar-refractivity contribution in [1.82, 2.24) is 9.21 Å². The quantitative estimate of drug-likeness (QED) is 0.838. The first-order valence-electron chi connectivity index (χ1n) is 10.1. The second-order valence-corrected chi connectivity index (χ2v) is 9.79.